The van der Waals surface area contributed by atoms with Crippen molar-refractivity contribution in [3.05, 3.63) is 52.3 Å². The number of rotatable bonds is 6. The van der Waals surface area contributed by atoms with Crippen LogP contribution in [0.25, 0.3) is 0 Å². The van der Waals surface area contributed by atoms with Gasteiger partial charge >= 0.3 is 0 Å². The van der Waals surface area contributed by atoms with Gasteiger partial charge in [-0.2, -0.15) is 0 Å². The summed E-state index contributed by atoms with van der Waals surface area (Å²) >= 11 is 3.15. The van der Waals surface area contributed by atoms with Gasteiger partial charge in [-0.15, -0.1) is 0 Å². The number of benzene rings is 2. The molecule has 0 fully saturated rings. The van der Waals surface area contributed by atoms with E-state index < -0.39 is 21.7 Å². The minimum Gasteiger partial charge on any atom is -0.483 e. The fourth-order valence-corrected chi connectivity index (χ4v) is 3.69. The standard InChI is InChI=1S/C17H18BrFN2O4S/c1-11-4-6-13(9-16(11)26(23,24)21(2)3)20-17(22)10-25-15-7-5-12(19)8-14(15)18/h4-9H,10H2,1-3H3,(H,20,22). The van der Waals surface area contributed by atoms with Gasteiger partial charge in [-0.05, 0) is 58.7 Å². The largest absolute Gasteiger partial charge is 0.483 e. The quantitative estimate of drug-likeness (QED) is 0.742. The number of hydrogen-bond acceptors (Lipinski definition) is 4. The van der Waals surface area contributed by atoms with E-state index in [1.807, 2.05) is 0 Å². The zero-order chi connectivity index (χ0) is 19.5. The Kier molecular flexibility index (Phi) is 6.38. The zero-order valence-corrected chi connectivity index (χ0v) is 16.8. The number of amides is 1. The van der Waals surface area contributed by atoms with Crippen molar-refractivity contribution in [2.75, 3.05) is 26.0 Å². The number of nitrogens with one attached hydrogen (secondary N) is 1. The number of carbonyl (C=O) groups excluding carboxylic acids is 1. The maximum atomic E-state index is 13.0. The van der Waals surface area contributed by atoms with Crippen molar-refractivity contribution in [2.24, 2.45) is 0 Å². The van der Waals surface area contributed by atoms with Crippen LogP contribution in [-0.4, -0.2) is 39.3 Å². The van der Waals surface area contributed by atoms with Gasteiger partial charge in [0.15, 0.2) is 6.61 Å². The number of sulfonamides is 1. The molecule has 0 aliphatic heterocycles. The molecule has 0 spiro atoms. The van der Waals surface area contributed by atoms with Gasteiger partial charge in [-0.25, -0.2) is 17.1 Å². The van der Waals surface area contributed by atoms with Gasteiger partial charge in [-0.3, -0.25) is 4.79 Å². The maximum Gasteiger partial charge on any atom is 0.262 e. The van der Waals surface area contributed by atoms with Crippen LogP contribution in [-0.2, 0) is 14.8 Å². The molecule has 0 bridgehead atoms. The Morgan fingerprint density at radius 2 is 1.92 bits per heavy atom. The lowest BCUT2D eigenvalue weighted by molar-refractivity contribution is -0.118. The summed E-state index contributed by atoms with van der Waals surface area (Å²) in [6.07, 6.45) is 0. The summed E-state index contributed by atoms with van der Waals surface area (Å²) in [4.78, 5) is 12.2. The first-order valence-electron chi connectivity index (χ1n) is 7.52. The highest BCUT2D eigenvalue weighted by molar-refractivity contribution is 9.10. The van der Waals surface area contributed by atoms with Gasteiger partial charge in [0.1, 0.15) is 11.6 Å². The summed E-state index contributed by atoms with van der Waals surface area (Å²) in [6, 6.07) is 8.47. The third-order valence-electron chi connectivity index (χ3n) is 3.48. The number of ether oxygens (including phenoxy) is 1. The van der Waals surface area contributed by atoms with Crippen LogP contribution in [0.1, 0.15) is 5.56 Å². The summed E-state index contributed by atoms with van der Waals surface area (Å²) in [6.45, 7) is 1.37. The van der Waals surface area contributed by atoms with Crippen LogP contribution in [0.4, 0.5) is 10.1 Å². The first-order valence-corrected chi connectivity index (χ1v) is 9.75. The molecule has 2 rings (SSSR count). The van der Waals surface area contributed by atoms with Crippen LogP contribution in [0.5, 0.6) is 5.75 Å². The van der Waals surface area contributed by atoms with Crippen LogP contribution < -0.4 is 10.1 Å². The highest BCUT2D eigenvalue weighted by Crippen LogP contribution is 2.26. The Labute approximate surface area is 160 Å². The Hall–Kier alpha value is -1.97. The van der Waals surface area contributed by atoms with E-state index in [-0.39, 0.29) is 11.5 Å². The second kappa shape index (κ2) is 8.15. The molecule has 1 amide bonds. The van der Waals surface area contributed by atoms with E-state index in [1.165, 1.54) is 38.4 Å². The Balaban J connectivity index is 2.10. The lowest BCUT2D eigenvalue weighted by Gasteiger charge is -2.15. The molecule has 0 heterocycles. The minimum atomic E-state index is -3.62. The van der Waals surface area contributed by atoms with Crippen molar-refractivity contribution >= 4 is 37.5 Å². The molecular weight excluding hydrogens is 427 g/mol. The summed E-state index contributed by atoms with van der Waals surface area (Å²) in [5, 5.41) is 2.59. The minimum absolute atomic E-state index is 0.113. The Bertz CT molecular complexity index is 932. The lowest BCUT2D eigenvalue weighted by atomic mass is 10.2. The van der Waals surface area contributed by atoms with Crippen LogP contribution >= 0.6 is 15.9 Å². The first kappa shape index (κ1) is 20.3. The predicted molar refractivity (Wildman–Crippen MR) is 100 cm³/mol. The van der Waals surface area contributed by atoms with Gasteiger partial charge in [0, 0.05) is 19.8 Å². The van der Waals surface area contributed by atoms with Gasteiger partial charge in [-0.1, -0.05) is 6.07 Å². The lowest BCUT2D eigenvalue weighted by Crippen LogP contribution is -2.24. The molecule has 0 saturated heterocycles. The normalized spacial score (nSPS) is 11.5. The molecule has 0 atom stereocenters. The third kappa shape index (κ3) is 4.80. The van der Waals surface area contributed by atoms with Crippen LogP contribution in [0, 0.1) is 12.7 Å². The molecule has 9 heteroatoms. The van der Waals surface area contributed by atoms with E-state index in [9.17, 15) is 17.6 Å². The Morgan fingerprint density at radius 1 is 1.23 bits per heavy atom. The fourth-order valence-electron chi connectivity index (χ4n) is 2.09. The van der Waals surface area contributed by atoms with Gasteiger partial charge in [0.25, 0.3) is 5.91 Å². The number of anilines is 1. The molecule has 2 aromatic carbocycles. The highest BCUT2D eigenvalue weighted by atomic mass is 79.9. The highest BCUT2D eigenvalue weighted by Gasteiger charge is 2.20. The predicted octanol–water partition coefficient (Wildman–Crippen LogP) is 3.16. The number of nitrogens with zero attached hydrogens (tertiary/aromatic N) is 1. The molecule has 6 nitrogen and oxygen atoms in total. The fraction of sp³-hybridized carbons (Fsp3) is 0.235. The summed E-state index contributed by atoms with van der Waals surface area (Å²) in [5.41, 5.74) is 0.908. The molecule has 26 heavy (non-hydrogen) atoms. The maximum absolute atomic E-state index is 13.0. The van der Waals surface area contributed by atoms with E-state index in [1.54, 1.807) is 19.1 Å². The molecule has 0 aromatic heterocycles. The van der Waals surface area contributed by atoms with Crippen LogP contribution in [0.3, 0.4) is 0 Å². The smallest absolute Gasteiger partial charge is 0.262 e. The van der Waals surface area contributed by atoms with E-state index in [4.69, 9.17) is 4.74 Å². The van der Waals surface area contributed by atoms with Gasteiger partial charge in [0.2, 0.25) is 10.0 Å². The molecule has 1 N–H and O–H groups in total. The molecule has 0 unspecified atom stereocenters. The molecular formula is C17H18BrFN2O4S. The molecule has 0 aliphatic carbocycles. The van der Waals surface area contributed by atoms with Crippen LogP contribution in [0.15, 0.2) is 45.8 Å². The molecule has 0 radical (unpaired) electrons. The number of hydrogen-bond donors (Lipinski definition) is 1. The van der Waals surface area contributed by atoms with Gasteiger partial charge < -0.3 is 10.1 Å². The molecule has 0 saturated carbocycles. The average Bonchev–Trinajstić information content (AvgIpc) is 2.55. The summed E-state index contributed by atoms with van der Waals surface area (Å²) < 4.78 is 44.5. The van der Waals surface area contributed by atoms with Crippen molar-refractivity contribution in [3.63, 3.8) is 0 Å². The first-order chi connectivity index (χ1) is 12.1. The topological polar surface area (TPSA) is 75.7 Å². The van der Waals surface area contributed by atoms with E-state index >= 15 is 0 Å². The number of aryl methyl sites for hydroxylation is 1. The zero-order valence-electron chi connectivity index (χ0n) is 14.4. The van der Waals surface area contributed by atoms with Crippen molar-refractivity contribution in [1.29, 1.82) is 0 Å². The van der Waals surface area contributed by atoms with Crippen molar-refractivity contribution in [2.45, 2.75) is 11.8 Å². The van der Waals surface area contributed by atoms with Crippen LogP contribution in [0.2, 0.25) is 0 Å². The third-order valence-corrected chi connectivity index (χ3v) is 6.06. The monoisotopic (exact) mass is 444 g/mol. The number of carbonyl (C=O) groups is 1. The van der Waals surface area contributed by atoms with E-state index in [0.29, 0.717) is 21.5 Å². The Morgan fingerprint density at radius 3 is 2.54 bits per heavy atom. The second-order valence-electron chi connectivity index (χ2n) is 5.68. The molecule has 2 aromatic rings. The van der Waals surface area contributed by atoms with E-state index in [2.05, 4.69) is 21.2 Å². The average molecular weight is 445 g/mol. The molecule has 0 aliphatic rings. The molecule has 140 valence electrons. The SMILES string of the molecule is Cc1ccc(NC(=O)COc2ccc(F)cc2Br)cc1S(=O)(=O)N(C)C. The van der Waals surface area contributed by atoms with Crippen molar-refractivity contribution < 1.29 is 22.3 Å². The van der Waals surface area contributed by atoms with Crippen molar-refractivity contribution in [3.8, 4) is 5.75 Å². The van der Waals surface area contributed by atoms with Crippen molar-refractivity contribution in [1.82, 2.24) is 4.31 Å². The summed E-state index contributed by atoms with van der Waals surface area (Å²) in [7, 11) is -0.744. The van der Waals surface area contributed by atoms with E-state index in [0.717, 1.165) is 4.31 Å². The summed E-state index contributed by atoms with van der Waals surface area (Å²) in [5.74, 6) is -0.581. The second-order valence-corrected chi connectivity index (χ2v) is 8.65. The van der Waals surface area contributed by atoms with Gasteiger partial charge in [0.05, 0.1) is 9.37 Å². The number of halogens is 2.